The summed E-state index contributed by atoms with van der Waals surface area (Å²) in [5.41, 5.74) is 2.05. The molecule has 0 aliphatic rings. The number of benzene rings is 2. The van der Waals surface area contributed by atoms with Crippen molar-refractivity contribution in [3.8, 4) is 17.2 Å². The highest BCUT2D eigenvalue weighted by atomic mass is 16.5. The third-order valence-electron chi connectivity index (χ3n) is 3.05. The number of para-hydroxylation sites is 1. The maximum absolute atomic E-state index is 9.30. The van der Waals surface area contributed by atoms with Gasteiger partial charge in [-0.05, 0) is 37.7 Å². The highest BCUT2D eigenvalue weighted by Gasteiger charge is 2.10. The van der Waals surface area contributed by atoms with Gasteiger partial charge in [-0.1, -0.05) is 24.3 Å². The maximum atomic E-state index is 9.30. The topological polar surface area (TPSA) is 50.7 Å². The Morgan fingerprint density at radius 3 is 2.48 bits per heavy atom. The van der Waals surface area contributed by atoms with Gasteiger partial charge in [-0.3, -0.25) is 0 Å². The summed E-state index contributed by atoms with van der Waals surface area (Å²) in [7, 11) is 1.90. The largest absolute Gasteiger partial charge is 0.508 e. The van der Waals surface area contributed by atoms with E-state index in [1.807, 2.05) is 44.3 Å². The van der Waals surface area contributed by atoms with Gasteiger partial charge in [-0.2, -0.15) is 0 Å². The van der Waals surface area contributed by atoms with Gasteiger partial charge in [0.15, 0.2) is 11.5 Å². The van der Waals surface area contributed by atoms with E-state index in [-0.39, 0.29) is 5.75 Å². The lowest BCUT2D eigenvalue weighted by atomic mass is 10.1. The number of ether oxygens (including phenoxy) is 2. The standard InChI is InChI=1S/C17H21NO3/c1-3-20-16-6-4-5-14(11-18-2)17(16)21-12-13-7-9-15(19)10-8-13/h4-10,18-19H,3,11-12H2,1-2H3. The molecule has 4 nitrogen and oxygen atoms in total. The fourth-order valence-corrected chi connectivity index (χ4v) is 2.07. The molecule has 2 rings (SSSR count). The maximum Gasteiger partial charge on any atom is 0.166 e. The average Bonchev–Trinajstić information content (AvgIpc) is 2.49. The second kappa shape index (κ2) is 7.55. The van der Waals surface area contributed by atoms with Crippen molar-refractivity contribution in [1.82, 2.24) is 5.32 Å². The van der Waals surface area contributed by atoms with Crippen LogP contribution in [0.5, 0.6) is 17.2 Å². The summed E-state index contributed by atoms with van der Waals surface area (Å²) in [5, 5.41) is 12.4. The van der Waals surface area contributed by atoms with E-state index in [1.165, 1.54) is 0 Å². The molecule has 4 heteroatoms. The molecule has 2 N–H and O–H groups in total. The van der Waals surface area contributed by atoms with Crippen molar-refractivity contribution < 1.29 is 14.6 Å². The Morgan fingerprint density at radius 2 is 1.81 bits per heavy atom. The van der Waals surface area contributed by atoms with Crippen molar-refractivity contribution in [3.05, 3.63) is 53.6 Å². The Balaban J connectivity index is 2.17. The Kier molecular flexibility index (Phi) is 5.46. The van der Waals surface area contributed by atoms with E-state index in [1.54, 1.807) is 12.1 Å². The van der Waals surface area contributed by atoms with E-state index >= 15 is 0 Å². The Bertz CT molecular complexity index is 542. The van der Waals surface area contributed by atoms with Crippen LogP contribution in [-0.2, 0) is 13.2 Å². The molecule has 2 aromatic rings. The molecule has 0 fully saturated rings. The lowest BCUT2D eigenvalue weighted by Crippen LogP contribution is -2.09. The minimum atomic E-state index is 0.254. The van der Waals surface area contributed by atoms with E-state index in [2.05, 4.69) is 5.32 Å². The van der Waals surface area contributed by atoms with Crippen LogP contribution in [0.2, 0.25) is 0 Å². The smallest absolute Gasteiger partial charge is 0.166 e. The molecule has 0 amide bonds. The van der Waals surface area contributed by atoms with Gasteiger partial charge >= 0.3 is 0 Å². The molecule has 2 aromatic carbocycles. The van der Waals surface area contributed by atoms with Crippen LogP contribution < -0.4 is 14.8 Å². The summed E-state index contributed by atoms with van der Waals surface area (Å²) >= 11 is 0. The molecule has 112 valence electrons. The SMILES string of the molecule is CCOc1cccc(CNC)c1OCc1ccc(O)cc1. The first-order valence-corrected chi connectivity index (χ1v) is 7.04. The van der Waals surface area contributed by atoms with Crippen molar-refractivity contribution in [2.24, 2.45) is 0 Å². The van der Waals surface area contributed by atoms with Crippen molar-refractivity contribution in [2.45, 2.75) is 20.1 Å². The molecule has 0 spiro atoms. The second-order valence-corrected chi connectivity index (χ2v) is 4.66. The van der Waals surface area contributed by atoms with E-state index in [9.17, 15) is 5.11 Å². The van der Waals surface area contributed by atoms with Crippen LogP contribution >= 0.6 is 0 Å². The van der Waals surface area contributed by atoms with Gasteiger partial charge < -0.3 is 19.9 Å². The average molecular weight is 287 g/mol. The van der Waals surface area contributed by atoms with Crippen molar-refractivity contribution >= 4 is 0 Å². The van der Waals surface area contributed by atoms with Crippen LogP contribution in [0.4, 0.5) is 0 Å². The monoisotopic (exact) mass is 287 g/mol. The zero-order chi connectivity index (χ0) is 15.1. The van der Waals surface area contributed by atoms with Crippen LogP contribution in [0.15, 0.2) is 42.5 Å². The van der Waals surface area contributed by atoms with Gasteiger partial charge in [0.25, 0.3) is 0 Å². The third-order valence-corrected chi connectivity index (χ3v) is 3.05. The van der Waals surface area contributed by atoms with Gasteiger partial charge in [0.1, 0.15) is 12.4 Å². The molecule has 0 saturated carbocycles. The van der Waals surface area contributed by atoms with E-state index in [4.69, 9.17) is 9.47 Å². The number of phenols is 1. The fourth-order valence-electron chi connectivity index (χ4n) is 2.07. The lowest BCUT2D eigenvalue weighted by Gasteiger charge is -2.16. The molecule has 0 aromatic heterocycles. The highest BCUT2D eigenvalue weighted by Crippen LogP contribution is 2.32. The normalized spacial score (nSPS) is 10.4. The van der Waals surface area contributed by atoms with Gasteiger partial charge in [-0.15, -0.1) is 0 Å². The van der Waals surface area contributed by atoms with Crippen LogP contribution in [0, 0.1) is 0 Å². The molecule has 0 aliphatic heterocycles. The molecule has 0 heterocycles. The first-order valence-electron chi connectivity index (χ1n) is 7.04. The number of hydrogen-bond donors (Lipinski definition) is 2. The Hall–Kier alpha value is -2.20. The third kappa shape index (κ3) is 4.13. The van der Waals surface area contributed by atoms with Crippen LogP contribution in [0.25, 0.3) is 0 Å². The lowest BCUT2D eigenvalue weighted by molar-refractivity contribution is 0.266. The summed E-state index contributed by atoms with van der Waals surface area (Å²) in [6, 6.07) is 12.9. The number of nitrogens with one attached hydrogen (secondary N) is 1. The van der Waals surface area contributed by atoms with E-state index in [0.717, 1.165) is 22.6 Å². The molecule has 0 radical (unpaired) electrons. The second-order valence-electron chi connectivity index (χ2n) is 4.66. The number of rotatable bonds is 7. The molecule has 0 bridgehead atoms. The first kappa shape index (κ1) is 15.2. The first-order chi connectivity index (χ1) is 10.2. The van der Waals surface area contributed by atoms with Gasteiger partial charge in [-0.25, -0.2) is 0 Å². The van der Waals surface area contributed by atoms with Crippen molar-refractivity contribution in [1.29, 1.82) is 0 Å². The number of aromatic hydroxyl groups is 1. The minimum Gasteiger partial charge on any atom is -0.508 e. The molecule has 0 saturated heterocycles. The zero-order valence-electron chi connectivity index (χ0n) is 12.4. The van der Waals surface area contributed by atoms with Crippen molar-refractivity contribution in [3.63, 3.8) is 0 Å². The van der Waals surface area contributed by atoms with Crippen LogP contribution in [0.1, 0.15) is 18.1 Å². The fraction of sp³-hybridized carbons (Fsp3) is 0.294. The quantitative estimate of drug-likeness (QED) is 0.821. The summed E-state index contributed by atoms with van der Waals surface area (Å²) in [6.45, 7) is 3.69. The summed E-state index contributed by atoms with van der Waals surface area (Å²) in [4.78, 5) is 0. The van der Waals surface area contributed by atoms with Gasteiger partial charge in [0.2, 0.25) is 0 Å². The Labute approximate surface area is 125 Å². The van der Waals surface area contributed by atoms with Crippen molar-refractivity contribution in [2.75, 3.05) is 13.7 Å². The summed E-state index contributed by atoms with van der Waals surface area (Å²) < 4.78 is 11.6. The minimum absolute atomic E-state index is 0.254. The molecule has 0 atom stereocenters. The Morgan fingerprint density at radius 1 is 1.05 bits per heavy atom. The van der Waals surface area contributed by atoms with E-state index in [0.29, 0.717) is 19.8 Å². The zero-order valence-corrected chi connectivity index (χ0v) is 12.4. The number of hydrogen-bond acceptors (Lipinski definition) is 4. The highest BCUT2D eigenvalue weighted by molar-refractivity contribution is 5.46. The summed E-state index contributed by atoms with van der Waals surface area (Å²) in [6.07, 6.45) is 0. The molecular weight excluding hydrogens is 266 g/mol. The van der Waals surface area contributed by atoms with Gasteiger partial charge in [0.05, 0.1) is 6.61 Å². The molecule has 21 heavy (non-hydrogen) atoms. The van der Waals surface area contributed by atoms with E-state index < -0.39 is 0 Å². The molecular formula is C17H21NO3. The van der Waals surface area contributed by atoms with Crippen LogP contribution in [-0.4, -0.2) is 18.8 Å². The molecule has 0 unspecified atom stereocenters. The van der Waals surface area contributed by atoms with Gasteiger partial charge in [0, 0.05) is 12.1 Å². The summed E-state index contributed by atoms with van der Waals surface area (Å²) in [5.74, 6) is 1.77. The van der Waals surface area contributed by atoms with Crippen LogP contribution in [0.3, 0.4) is 0 Å². The molecule has 0 aliphatic carbocycles. The predicted octanol–water partition coefficient (Wildman–Crippen LogP) is 3.09. The predicted molar refractivity (Wildman–Crippen MR) is 82.8 cm³/mol. The number of phenolic OH excluding ortho intramolecular Hbond substituents is 1.